The monoisotopic (exact) mass is 266 g/mol. The van der Waals surface area contributed by atoms with Gasteiger partial charge < -0.3 is 10.2 Å². The molecule has 3 aromatic rings. The Labute approximate surface area is 118 Å². The molecule has 0 unspecified atom stereocenters. The second-order valence-electron chi connectivity index (χ2n) is 5.14. The van der Waals surface area contributed by atoms with E-state index in [4.69, 9.17) is 4.98 Å². The number of nitrogens with one attached hydrogen (secondary N) is 1. The maximum absolute atomic E-state index is 4.71. The quantitative estimate of drug-likeness (QED) is 0.737. The van der Waals surface area contributed by atoms with E-state index in [1.54, 1.807) is 0 Å². The number of anilines is 1. The van der Waals surface area contributed by atoms with E-state index in [1.807, 2.05) is 18.3 Å². The van der Waals surface area contributed by atoms with Crippen LogP contribution >= 0.6 is 0 Å². The van der Waals surface area contributed by atoms with E-state index in [2.05, 4.69) is 53.6 Å². The summed E-state index contributed by atoms with van der Waals surface area (Å²) in [7, 11) is 4.12. The Morgan fingerprint density at radius 2 is 1.75 bits per heavy atom. The zero-order valence-corrected chi connectivity index (χ0v) is 11.8. The Morgan fingerprint density at radius 1 is 1.00 bits per heavy atom. The molecular weight excluding hydrogens is 248 g/mol. The van der Waals surface area contributed by atoms with Crippen LogP contribution in [0.2, 0.25) is 0 Å². The molecule has 2 aromatic heterocycles. The average molecular weight is 266 g/mol. The highest BCUT2D eigenvalue weighted by atomic mass is 15.1. The predicted octanol–water partition coefficient (Wildman–Crippen LogP) is 2.76. The van der Waals surface area contributed by atoms with E-state index in [9.17, 15) is 0 Å². The third kappa shape index (κ3) is 2.56. The Hall–Kier alpha value is -2.20. The highest BCUT2D eigenvalue weighted by molar-refractivity contribution is 6.03. The van der Waals surface area contributed by atoms with E-state index in [-0.39, 0.29) is 0 Å². The minimum Gasteiger partial charge on any atom is -0.369 e. The summed E-state index contributed by atoms with van der Waals surface area (Å²) in [4.78, 5) is 11.3. The van der Waals surface area contributed by atoms with Gasteiger partial charge in [0.1, 0.15) is 5.82 Å². The van der Waals surface area contributed by atoms with Crippen LogP contribution in [-0.4, -0.2) is 42.1 Å². The van der Waals surface area contributed by atoms with Gasteiger partial charge in [0.25, 0.3) is 0 Å². The second kappa shape index (κ2) is 5.43. The van der Waals surface area contributed by atoms with Gasteiger partial charge in [-0.05, 0) is 32.3 Å². The lowest BCUT2D eigenvalue weighted by molar-refractivity contribution is 0.425. The van der Waals surface area contributed by atoms with Crippen LogP contribution < -0.4 is 5.32 Å². The Morgan fingerprint density at radius 3 is 2.55 bits per heavy atom. The Kier molecular flexibility index (Phi) is 3.48. The number of nitrogens with zero attached hydrogens (tertiary/aromatic N) is 3. The lowest BCUT2D eigenvalue weighted by Gasteiger charge is -2.11. The van der Waals surface area contributed by atoms with Gasteiger partial charge >= 0.3 is 0 Å². The SMILES string of the molecule is CN(C)CCNc1ccc2ccc3cccnc3c2n1. The summed E-state index contributed by atoms with van der Waals surface area (Å²) in [5.41, 5.74) is 1.92. The second-order valence-corrected chi connectivity index (χ2v) is 5.14. The van der Waals surface area contributed by atoms with Crippen molar-refractivity contribution >= 4 is 27.6 Å². The van der Waals surface area contributed by atoms with Crippen LogP contribution in [0.5, 0.6) is 0 Å². The Balaban J connectivity index is 1.98. The molecule has 102 valence electrons. The minimum absolute atomic E-state index is 0.879. The van der Waals surface area contributed by atoms with Crippen molar-refractivity contribution in [2.24, 2.45) is 0 Å². The van der Waals surface area contributed by atoms with Gasteiger partial charge in [-0.1, -0.05) is 18.2 Å². The maximum atomic E-state index is 4.71. The van der Waals surface area contributed by atoms with E-state index in [1.165, 1.54) is 0 Å². The molecule has 4 heteroatoms. The predicted molar refractivity (Wildman–Crippen MR) is 84.1 cm³/mol. The fourth-order valence-corrected chi connectivity index (χ4v) is 2.23. The van der Waals surface area contributed by atoms with Crippen molar-refractivity contribution in [3.05, 3.63) is 42.6 Å². The average Bonchev–Trinajstić information content (AvgIpc) is 2.47. The van der Waals surface area contributed by atoms with Crippen LogP contribution in [0.25, 0.3) is 21.8 Å². The first-order valence-electron chi connectivity index (χ1n) is 6.77. The van der Waals surface area contributed by atoms with Crippen molar-refractivity contribution in [3.63, 3.8) is 0 Å². The molecule has 0 spiro atoms. The molecule has 20 heavy (non-hydrogen) atoms. The van der Waals surface area contributed by atoms with Crippen molar-refractivity contribution in [3.8, 4) is 0 Å². The summed E-state index contributed by atoms with van der Waals surface area (Å²) >= 11 is 0. The molecule has 0 aliphatic rings. The molecule has 0 amide bonds. The third-order valence-electron chi connectivity index (χ3n) is 3.30. The van der Waals surface area contributed by atoms with Crippen LogP contribution in [0.3, 0.4) is 0 Å². The van der Waals surface area contributed by atoms with Gasteiger partial charge in [0.2, 0.25) is 0 Å². The number of aromatic nitrogens is 2. The van der Waals surface area contributed by atoms with Gasteiger partial charge in [0, 0.05) is 30.1 Å². The van der Waals surface area contributed by atoms with Crippen molar-refractivity contribution in [1.29, 1.82) is 0 Å². The topological polar surface area (TPSA) is 41.0 Å². The number of likely N-dealkylation sites (N-methyl/N-ethyl adjacent to an activating group) is 1. The highest BCUT2D eigenvalue weighted by Gasteiger charge is 2.04. The van der Waals surface area contributed by atoms with Crippen LogP contribution in [0.4, 0.5) is 5.82 Å². The molecule has 1 N–H and O–H groups in total. The number of fused-ring (bicyclic) bond motifs is 3. The normalized spacial score (nSPS) is 11.3. The lowest BCUT2D eigenvalue weighted by atomic mass is 10.1. The van der Waals surface area contributed by atoms with Crippen molar-refractivity contribution in [2.75, 3.05) is 32.5 Å². The van der Waals surface area contributed by atoms with Crippen molar-refractivity contribution < 1.29 is 0 Å². The first kappa shape index (κ1) is 12.8. The smallest absolute Gasteiger partial charge is 0.126 e. The molecule has 0 aliphatic heterocycles. The maximum Gasteiger partial charge on any atom is 0.126 e. The van der Waals surface area contributed by atoms with Gasteiger partial charge in [0.15, 0.2) is 0 Å². The summed E-state index contributed by atoms with van der Waals surface area (Å²) in [6, 6.07) is 12.3. The first-order valence-corrected chi connectivity index (χ1v) is 6.77. The summed E-state index contributed by atoms with van der Waals surface area (Å²) < 4.78 is 0. The molecule has 0 radical (unpaired) electrons. The van der Waals surface area contributed by atoms with Crippen molar-refractivity contribution in [2.45, 2.75) is 0 Å². The summed E-state index contributed by atoms with van der Waals surface area (Å²) in [6.07, 6.45) is 1.82. The molecule has 0 aliphatic carbocycles. The van der Waals surface area contributed by atoms with Gasteiger partial charge in [-0.2, -0.15) is 0 Å². The van der Waals surface area contributed by atoms with Crippen molar-refractivity contribution in [1.82, 2.24) is 14.9 Å². The molecule has 0 saturated carbocycles. The van der Waals surface area contributed by atoms with E-state index < -0.39 is 0 Å². The Bertz CT molecular complexity index is 737. The lowest BCUT2D eigenvalue weighted by Crippen LogP contribution is -2.21. The number of hydrogen-bond donors (Lipinski definition) is 1. The molecule has 2 heterocycles. The minimum atomic E-state index is 0.879. The highest BCUT2D eigenvalue weighted by Crippen LogP contribution is 2.23. The third-order valence-corrected chi connectivity index (χ3v) is 3.30. The van der Waals surface area contributed by atoms with E-state index in [0.29, 0.717) is 0 Å². The van der Waals surface area contributed by atoms with Gasteiger partial charge in [-0.15, -0.1) is 0 Å². The number of rotatable bonds is 4. The fourth-order valence-electron chi connectivity index (χ4n) is 2.23. The molecular formula is C16H18N4. The number of hydrogen-bond acceptors (Lipinski definition) is 4. The van der Waals surface area contributed by atoms with Gasteiger partial charge in [0.05, 0.1) is 11.0 Å². The zero-order chi connectivity index (χ0) is 13.9. The number of benzene rings is 1. The van der Waals surface area contributed by atoms with E-state index in [0.717, 1.165) is 40.7 Å². The molecule has 0 bridgehead atoms. The molecule has 3 rings (SSSR count). The largest absolute Gasteiger partial charge is 0.369 e. The van der Waals surface area contributed by atoms with Crippen LogP contribution in [0.1, 0.15) is 0 Å². The van der Waals surface area contributed by atoms with Gasteiger partial charge in [-0.25, -0.2) is 4.98 Å². The fraction of sp³-hybridized carbons (Fsp3) is 0.250. The molecule has 0 fully saturated rings. The first-order chi connectivity index (χ1) is 9.74. The summed E-state index contributed by atoms with van der Waals surface area (Å²) in [5.74, 6) is 0.900. The summed E-state index contributed by atoms with van der Waals surface area (Å²) in [5, 5.41) is 5.60. The van der Waals surface area contributed by atoms with Crippen LogP contribution in [0, 0.1) is 0 Å². The zero-order valence-electron chi connectivity index (χ0n) is 11.8. The molecule has 4 nitrogen and oxygen atoms in total. The number of pyridine rings is 2. The van der Waals surface area contributed by atoms with E-state index >= 15 is 0 Å². The van der Waals surface area contributed by atoms with Gasteiger partial charge in [-0.3, -0.25) is 4.98 Å². The standard InChI is InChI=1S/C16H18N4/c1-20(2)11-10-17-14-8-7-13-6-5-12-4-3-9-18-15(12)16(13)19-14/h3-9H,10-11H2,1-2H3,(H,17,19). The van der Waals surface area contributed by atoms with Crippen LogP contribution in [0.15, 0.2) is 42.6 Å². The summed E-state index contributed by atoms with van der Waals surface area (Å²) in [6.45, 7) is 1.86. The molecule has 0 atom stereocenters. The molecule has 1 aromatic carbocycles. The molecule has 0 saturated heterocycles. The van der Waals surface area contributed by atoms with Crippen LogP contribution in [-0.2, 0) is 0 Å².